The second-order valence-corrected chi connectivity index (χ2v) is 5.32. The zero-order chi connectivity index (χ0) is 13.1. The molecule has 1 aliphatic rings. The molecule has 0 amide bonds. The van der Waals surface area contributed by atoms with Crippen molar-refractivity contribution in [2.24, 2.45) is 5.92 Å². The van der Waals surface area contributed by atoms with E-state index in [0.717, 1.165) is 29.6 Å². The Morgan fingerprint density at radius 1 is 1.28 bits per heavy atom. The number of nitrogens with one attached hydrogen (secondary N) is 2. The van der Waals surface area contributed by atoms with Gasteiger partial charge in [0.15, 0.2) is 0 Å². The summed E-state index contributed by atoms with van der Waals surface area (Å²) in [5.74, 6) is 4.20. The number of rotatable bonds is 6. The summed E-state index contributed by atoms with van der Waals surface area (Å²) in [6.07, 6.45) is 3.65. The van der Waals surface area contributed by atoms with Gasteiger partial charge in [0.25, 0.3) is 0 Å². The molecule has 100 valence electrons. The average molecular weight is 248 g/mol. The van der Waals surface area contributed by atoms with Crippen LogP contribution in [0.2, 0.25) is 0 Å². The summed E-state index contributed by atoms with van der Waals surface area (Å²) < 4.78 is 0. The van der Waals surface area contributed by atoms with Crippen molar-refractivity contribution in [2.45, 2.75) is 46.0 Å². The third-order valence-corrected chi connectivity index (χ3v) is 3.66. The van der Waals surface area contributed by atoms with E-state index in [9.17, 15) is 0 Å². The molecule has 0 aromatic carbocycles. The number of hydrogen-bond donors (Lipinski definition) is 2. The normalized spacial score (nSPS) is 16.4. The summed E-state index contributed by atoms with van der Waals surface area (Å²) in [5.41, 5.74) is 1.12. The second-order valence-electron chi connectivity index (χ2n) is 5.32. The summed E-state index contributed by atoms with van der Waals surface area (Å²) in [4.78, 5) is 9.29. The highest BCUT2D eigenvalue weighted by atomic mass is 15.1. The molecule has 1 aromatic heterocycles. The van der Waals surface area contributed by atoms with Gasteiger partial charge in [-0.1, -0.05) is 20.3 Å². The SMILES string of the molecule is CCC(C)CNc1nc(C2CC2)nc(NC)c1C. The lowest BCUT2D eigenvalue weighted by molar-refractivity contribution is 0.592. The van der Waals surface area contributed by atoms with Crippen LogP contribution in [-0.2, 0) is 0 Å². The number of anilines is 2. The fourth-order valence-electron chi connectivity index (χ4n) is 1.89. The first-order valence-corrected chi connectivity index (χ1v) is 6.95. The van der Waals surface area contributed by atoms with Gasteiger partial charge in [0.05, 0.1) is 0 Å². The van der Waals surface area contributed by atoms with Gasteiger partial charge >= 0.3 is 0 Å². The summed E-state index contributed by atoms with van der Waals surface area (Å²) >= 11 is 0. The van der Waals surface area contributed by atoms with Crippen LogP contribution in [0.15, 0.2) is 0 Å². The Kier molecular flexibility index (Phi) is 4.04. The lowest BCUT2D eigenvalue weighted by Gasteiger charge is -2.15. The van der Waals surface area contributed by atoms with Crippen LogP contribution in [0.1, 0.15) is 50.4 Å². The molecule has 1 unspecified atom stereocenters. The first kappa shape index (κ1) is 13.1. The van der Waals surface area contributed by atoms with Crippen LogP contribution in [0.5, 0.6) is 0 Å². The fraction of sp³-hybridized carbons (Fsp3) is 0.714. The van der Waals surface area contributed by atoms with E-state index in [2.05, 4.69) is 41.4 Å². The van der Waals surface area contributed by atoms with Crippen LogP contribution in [0.25, 0.3) is 0 Å². The maximum atomic E-state index is 4.69. The summed E-state index contributed by atoms with van der Waals surface area (Å²) in [7, 11) is 1.92. The maximum Gasteiger partial charge on any atom is 0.136 e. The van der Waals surface area contributed by atoms with Crippen LogP contribution >= 0.6 is 0 Å². The lowest BCUT2D eigenvalue weighted by Crippen LogP contribution is -2.14. The van der Waals surface area contributed by atoms with Gasteiger partial charge in [-0.25, -0.2) is 9.97 Å². The third-order valence-electron chi connectivity index (χ3n) is 3.66. The molecule has 1 atom stereocenters. The number of hydrogen-bond acceptors (Lipinski definition) is 4. The summed E-state index contributed by atoms with van der Waals surface area (Å²) in [6, 6.07) is 0. The van der Waals surface area contributed by atoms with E-state index < -0.39 is 0 Å². The molecule has 0 saturated heterocycles. The maximum absolute atomic E-state index is 4.69. The first-order valence-electron chi connectivity index (χ1n) is 6.95. The van der Waals surface area contributed by atoms with E-state index >= 15 is 0 Å². The van der Waals surface area contributed by atoms with E-state index in [4.69, 9.17) is 0 Å². The molecule has 4 nitrogen and oxygen atoms in total. The Morgan fingerprint density at radius 3 is 2.50 bits per heavy atom. The van der Waals surface area contributed by atoms with E-state index in [0.29, 0.717) is 11.8 Å². The molecule has 1 aromatic rings. The molecular weight excluding hydrogens is 224 g/mol. The standard InChI is InChI=1S/C14H24N4/c1-5-9(2)8-16-13-10(3)12(15-4)17-14(18-13)11-6-7-11/h9,11H,5-8H2,1-4H3,(H2,15,16,17,18). The largest absolute Gasteiger partial charge is 0.373 e. The minimum absolute atomic E-state index is 0.585. The van der Waals surface area contributed by atoms with Gasteiger partial charge < -0.3 is 10.6 Å². The minimum Gasteiger partial charge on any atom is -0.373 e. The molecule has 1 fully saturated rings. The van der Waals surface area contributed by atoms with Crippen LogP contribution in [0.3, 0.4) is 0 Å². The average Bonchev–Trinajstić information content (AvgIpc) is 3.21. The molecule has 18 heavy (non-hydrogen) atoms. The molecule has 2 N–H and O–H groups in total. The van der Waals surface area contributed by atoms with Gasteiger partial charge in [-0.15, -0.1) is 0 Å². The van der Waals surface area contributed by atoms with Crippen molar-refractivity contribution < 1.29 is 0 Å². The lowest BCUT2D eigenvalue weighted by atomic mass is 10.1. The highest BCUT2D eigenvalue weighted by Crippen LogP contribution is 2.39. The first-order chi connectivity index (χ1) is 8.65. The zero-order valence-electron chi connectivity index (χ0n) is 11.9. The van der Waals surface area contributed by atoms with Crippen molar-refractivity contribution in [3.63, 3.8) is 0 Å². The molecular formula is C14H24N4. The Balaban J connectivity index is 2.18. The Bertz CT molecular complexity index is 413. The van der Waals surface area contributed by atoms with Crippen LogP contribution in [0, 0.1) is 12.8 Å². The van der Waals surface area contributed by atoms with Gasteiger partial charge in [-0.2, -0.15) is 0 Å². The summed E-state index contributed by atoms with van der Waals surface area (Å²) in [6.45, 7) is 7.52. The Hall–Kier alpha value is -1.32. The molecule has 4 heteroatoms. The number of aromatic nitrogens is 2. The Morgan fingerprint density at radius 2 is 1.94 bits per heavy atom. The molecule has 1 aliphatic carbocycles. The van der Waals surface area contributed by atoms with Crippen LogP contribution in [0.4, 0.5) is 11.6 Å². The van der Waals surface area contributed by atoms with Crippen molar-refractivity contribution in [1.82, 2.24) is 9.97 Å². The Labute approximate surface area is 110 Å². The fourth-order valence-corrected chi connectivity index (χ4v) is 1.89. The van der Waals surface area contributed by atoms with Crippen LogP contribution < -0.4 is 10.6 Å². The predicted molar refractivity (Wildman–Crippen MR) is 76.2 cm³/mol. The minimum atomic E-state index is 0.585. The summed E-state index contributed by atoms with van der Waals surface area (Å²) in [5, 5.41) is 6.64. The van der Waals surface area contributed by atoms with Crippen molar-refractivity contribution in [3.8, 4) is 0 Å². The van der Waals surface area contributed by atoms with E-state index in [1.165, 1.54) is 19.3 Å². The van der Waals surface area contributed by atoms with Gasteiger partial charge in [-0.05, 0) is 25.7 Å². The van der Waals surface area contributed by atoms with E-state index in [1.807, 2.05) is 7.05 Å². The molecule has 2 rings (SSSR count). The topological polar surface area (TPSA) is 49.8 Å². The van der Waals surface area contributed by atoms with E-state index in [1.54, 1.807) is 0 Å². The predicted octanol–water partition coefficient (Wildman–Crippen LogP) is 3.16. The van der Waals surface area contributed by atoms with Crippen molar-refractivity contribution in [2.75, 3.05) is 24.2 Å². The molecule has 0 aliphatic heterocycles. The highest BCUT2D eigenvalue weighted by Gasteiger charge is 2.28. The molecule has 1 heterocycles. The van der Waals surface area contributed by atoms with Gasteiger partial charge in [0.2, 0.25) is 0 Å². The van der Waals surface area contributed by atoms with E-state index in [-0.39, 0.29) is 0 Å². The van der Waals surface area contributed by atoms with Crippen molar-refractivity contribution in [3.05, 3.63) is 11.4 Å². The van der Waals surface area contributed by atoms with Crippen LogP contribution in [-0.4, -0.2) is 23.6 Å². The highest BCUT2D eigenvalue weighted by molar-refractivity contribution is 5.57. The monoisotopic (exact) mass is 248 g/mol. The molecule has 0 radical (unpaired) electrons. The molecule has 0 bridgehead atoms. The van der Waals surface area contributed by atoms with Gasteiger partial charge in [0, 0.05) is 25.1 Å². The smallest absolute Gasteiger partial charge is 0.136 e. The van der Waals surface area contributed by atoms with Gasteiger partial charge in [0.1, 0.15) is 17.5 Å². The molecule has 1 saturated carbocycles. The quantitative estimate of drug-likeness (QED) is 0.812. The van der Waals surface area contributed by atoms with Gasteiger partial charge in [-0.3, -0.25) is 0 Å². The third kappa shape index (κ3) is 2.92. The second kappa shape index (κ2) is 5.55. The zero-order valence-corrected chi connectivity index (χ0v) is 11.9. The molecule has 0 spiro atoms. The van der Waals surface area contributed by atoms with Crippen molar-refractivity contribution >= 4 is 11.6 Å². The van der Waals surface area contributed by atoms with Crippen molar-refractivity contribution in [1.29, 1.82) is 0 Å². The number of nitrogens with zero attached hydrogens (tertiary/aromatic N) is 2.